The van der Waals surface area contributed by atoms with Crippen LogP contribution in [-0.4, -0.2) is 32.2 Å². The minimum Gasteiger partial charge on any atom is -0.465 e. The third-order valence-corrected chi connectivity index (χ3v) is 5.69. The van der Waals surface area contributed by atoms with Crippen LogP contribution in [0.5, 0.6) is 0 Å². The summed E-state index contributed by atoms with van der Waals surface area (Å²) < 4.78 is 28.6. The quantitative estimate of drug-likeness (QED) is 0.296. The number of nitrogens with one attached hydrogen (secondary N) is 2. The molecule has 12 heteroatoms. The molecule has 3 aromatic carbocycles. The Kier molecular flexibility index (Phi) is 5.68. The number of imidazole rings is 1. The number of hydrogen-bond acceptors (Lipinski definition) is 4. The largest absolute Gasteiger partial charge is 0.465 e. The fourth-order valence-electron chi connectivity index (χ4n) is 4.00. The Morgan fingerprint density at radius 1 is 1.12 bits per heavy atom. The number of anilines is 2. The molecular formula is C22H14Cl2F2N4O4. The molecule has 1 aliphatic rings. The number of benzene rings is 3. The summed E-state index contributed by atoms with van der Waals surface area (Å²) in [5, 5.41) is 22.5. The zero-order chi connectivity index (χ0) is 23.5. The van der Waals surface area contributed by atoms with Crippen LogP contribution in [-0.2, 0) is 5.72 Å². The van der Waals surface area contributed by atoms with Crippen molar-refractivity contribution in [3.63, 3.8) is 0 Å². The van der Waals surface area contributed by atoms with Crippen LogP contribution < -0.4 is 10.2 Å². The van der Waals surface area contributed by atoms with Gasteiger partial charge in [0.1, 0.15) is 11.6 Å². The second-order valence-electron chi connectivity index (χ2n) is 7.32. The molecule has 4 N–H and O–H groups in total. The van der Waals surface area contributed by atoms with E-state index in [1.165, 1.54) is 30.3 Å². The lowest BCUT2D eigenvalue weighted by Gasteiger charge is -2.35. The van der Waals surface area contributed by atoms with Gasteiger partial charge in [-0.1, -0.05) is 35.9 Å². The molecule has 0 aliphatic carbocycles. The van der Waals surface area contributed by atoms with Gasteiger partial charge < -0.3 is 15.2 Å². The number of fused-ring (bicyclic) bond motifs is 2. The molecule has 34 heavy (non-hydrogen) atoms. The van der Waals surface area contributed by atoms with Crippen molar-refractivity contribution in [2.75, 3.05) is 10.2 Å². The van der Waals surface area contributed by atoms with Gasteiger partial charge in [0.05, 0.1) is 21.7 Å². The summed E-state index contributed by atoms with van der Waals surface area (Å²) in [5.41, 5.74) is -1.42. The van der Waals surface area contributed by atoms with E-state index in [9.17, 15) is 23.5 Å². The van der Waals surface area contributed by atoms with E-state index in [1.54, 1.807) is 12.1 Å². The summed E-state index contributed by atoms with van der Waals surface area (Å²) in [6, 6.07) is 12.1. The molecule has 174 valence electrons. The molecule has 2 amide bonds. The van der Waals surface area contributed by atoms with Gasteiger partial charge in [0.15, 0.2) is 5.72 Å². The molecular weight excluding hydrogens is 493 g/mol. The molecule has 1 atom stereocenters. The summed E-state index contributed by atoms with van der Waals surface area (Å²) in [5.74, 6) is -2.86. The van der Waals surface area contributed by atoms with Gasteiger partial charge in [0.2, 0.25) is 5.95 Å². The van der Waals surface area contributed by atoms with Crippen molar-refractivity contribution in [1.29, 1.82) is 0 Å². The van der Waals surface area contributed by atoms with Crippen LogP contribution in [0.2, 0.25) is 5.02 Å². The predicted octanol–water partition coefficient (Wildman–Crippen LogP) is 4.86. The Labute approximate surface area is 201 Å². The minimum atomic E-state index is -2.19. The zero-order valence-corrected chi connectivity index (χ0v) is 18.4. The number of aromatic amines is 1. The second kappa shape index (κ2) is 8.24. The summed E-state index contributed by atoms with van der Waals surface area (Å²) in [7, 11) is 0. The first-order chi connectivity index (χ1) is 15.7. The van der Waals surface area contributed by atoms with Crippen molar-refractivity contribution >= 4 is 58.7 Å². The number of hydrogen-bond donors (Lipinski definition) is 4. The molecule has 4 aromatic rings. The van der Waals surface area contributed by atoms with Crippen molar-refractivity contribution in [1.82, 2.24) is 9.97 Å². The number of carboxylic acid groups (broad SMARTS) is 1. The van der Waals surface area contributed by atoms with Gasteiger partial charge in [-0.25, -0.2) is 18.6 Å². The molecule has 1 aromatic heterocycles. The minimum absolute atomic E-state index is 0. The average molecular weight is 507 g/mol. The number of amides is 2. The summed E-state index contributed by atoms with van der Waals surface area (Å²) in [6.07, 6.45) is -1.32. The smallest absolute Gasteiger partial charge is 0.411 e. The number of carbonyl (C=O) groups is 2. The molecule has 1 aliphatic heterocycles. The average Bonchev–Trinajstić information content (AvgIpc) is 3.27. The van der Waals surface area contributed by atoms with E-state index < -0.39 is 40.1 Å². The van der Waals surface area contributed by atoms with Crippen LogP contribution in [0, 0.1) is 11.6 Å². The predicted molar refractivity (Wildman–Crippen MR) is 123 cm³/mol. The number of carbonyl (C=O) groups excluding carboxylic acids is 1. The van der Waals surface area contributed by atoms with Crippen LogP contribution in [0.1, 0.15) is 21.5 Å². The molecule has 8 nitrogen and oxygen atoms in total. The number of halogens is 4. The van der Waals surface area contributed by atoms with Crippen LogP contribution in [0.15, 0.2) is 54.6 Å². The molecule has 0 saturated carbocycles. The Hall–Kier alpha value is -3.73. The van der Waals surface area contributed by atoms with Crippen molar-refractivity contribution in [3.8, 4) is 0 Å². The highest BCUT2D eigenvalue weighted by molar-refractivity contribution is 6.31. The van der Waals surface area contributed by atoms with Crippen LogP contribution in [0.25, 0.3) is 11.0 Å². The SMILES string of the molecule is Cl.O=C(O)Nc1nc2ccc(C3(O)c4ccccc4C(=O)N3c3cc(Cl)c(F)cc3F)cc2[nH]1. The number of H-pyrrole nitrogens is 1. The standard InChI is InChI=1S/C22H13ClF2N4O4.ClH/c23-13-8-18(15(25)9-14(13)24)29-19(30)11-3-1-2-4-12(11)22(29,33)10-5-6-16-17(7-10)27-20(26-16)28-21(31)32;/h1-9,33H,(H,31,32)(H2,26,27,28);1H. The third kappa shape index (κ3) is 3.43. The molecule has 5 rings (SSSR count). The van der Waals surface area contributed by atoms with Gasteiger partial charge in [-0.05, 0) is 24.3 Å². The van der Waals surface area contributed by atoms with Crippen molar-refractivity contribution in [2.45, 2.75) is 5.72 Å². The first-order valence-corrected chi connectivity index (χ1v) is 9.89. The highest BCUT2D eigenvalue weighted by Crippen LogP contribution is 2.46. The van der Waals surface area contributed by atoms with E-state index in [2.05, 4.69) is 15.3 Å². The van der Waals surface area contributed by atoms with Crippen molar-refractivity contribution < 1.29 is 28.6 Å². The van der Waals surface area contributed by atoms with Gasteiger partial charge in [-0.15, -0.1) is 12.4 Å². The molecule has 0 spiro atoms. The molecule has 0 bridgehead atoms. The van der Waals surface area contributed by atoms with E-state index in [4.69, 9.17) is 16.7 Å². The summed E-state index contributed by atoms with van der Waals surface area (Å²) >= 11 is 5.86. The maximum absolute atomic E-state index is 14.8. The van der Waals surface area contributed by atoms with E-state index in [0.29, 0.717) is 17.1 Å². The lowest BCUT2D eigenvalue weighted by atomic mass is 9.93. The maximum atomic E-state index is 14.8. The fourth-order valence-corrected chi connectivity index (χ4v) is 4.16. The number of rotatable bonds is 3. The van der Waals surface area contributed by atoms with Crippen LogP contribution in [0.4, 0.5) is 25.2 Å². The van der Waals surface area contributed by atoms with Gasteiger partial charge in [-0.2, -0.15) is 0 Å². The lowest BCUT2D eigenvalue weighted by Crippen LogP contribution is -2.45. The fraction of sp³-hybridized carbons (Fsp3) is 0.0455. The van der Waals surface area contributed by atoms with Crippen molar-refractivity contribution in [2.24, 2.45) is 0 Å². The molecule has 1 unspecified atom stereocenters. The van der Waals surface area contributed by atoms with Gasteiger partial charge in [0, 0.05) is 22.8 Å². The lowest BCUT2D eigenvalue weighted by molar-refractivity contribution is 0.0699. The maximum Gasteiger partial charge on any atom is 0.411 e. The van der Waals surface area contributed by atoms with E-state index in [-0.39, 0.29) is 35.0 Å². The number of aromatic nitrogens is 2. The monoisotopic (exact) mass is 506 g/mol. The van der Waals surface area contributed by atoms with Gasteiger partial charge >= 0.3 is 6.09 Å². The number of nitrogens with zero attached hydrogens (tertiary/aromatic N) is 2. The van der Waals surface area contributed by atoms with E-state index in [0.717, 1.165) is 11.0 Å². The highest BCUT2D eigenvalue weighted by atomic mass is 35.5. The Balaban J connectivity index is 0.00000274. The second-order valence-corrected chi connectivity index (χ2v) is 7.73. The van der Waals surface area contributed by atoms with Gasteiger partial charge in [-0.3, -0.25) is 15.0 Å². The first kappa shape index (κ1) is 23.4. The Morgan fingerprint density at radius 2 is 1.85 bits per heavy atom. The first-order valence-electron chi connectivity index (χ1n) is 9.51. The molecule has 0 saturated heterocycles. The molecule has 2 heterocycles. The zero-order valence-electron chi connectivity index (χ0n) is 16.8. The third-order valence-electron chi connectivity index (χ3n) is 5.40. The topological polar surface area (TPSA) is 119 Å². The van der Waals surface area contributed by atoms with Crippen LogP contribution in [0.3, 0.4) is 0 Å². The van der Waals surface area contributed by atoms with E-state index >= 15 is 0 Å². The summed E-state index contributed by atoms with van der Waals surface area (Å²) in [6.45, 7) is 0. The van der Waals surface area contributed by atoms with Crippen molar-refractivity contribution in [3.05, 3.63) is 87.9 Å². The van der Waals surface area contributed by atoms with E-state index in [1.807, 2.05) is 0 Å². The van der Waals surface area contributed by atoms with Gasteiger partial charge in [0.25, 0.3) is 5.91 Å². The molecule has 0 fully saturated rings. The van der Waals surface area contributed by atoms with Crippen LogP contribution >= 0.6 is 24.0 Å². The summed E-state index contributed by atoms with van der Waals surface area (Å²) in [4.78, 5) is 31.9. The molecule has 0 radical (unpaired) electrons. The Morgan fingerprint density at radius 3 is 2.59 bits per heavy atom. The normalized spacial score (nSPS) is 16.9. The Bertz CT molecular complexity index is 1480. The highest BCUT2D eigenvalue weighted by Gasteiger charge is 2.51. The number of aliphatic hydroxyl groups is 1.